The van der Waals surface area contributed by atoms with Gasteiger partial charge in [-0.1, -0.05) is 32.0 Å². The SMILES string of the molecule is CC(C)CCN(Cc1cc2ccccc2o1)C1CCNCC1. The number of hydrogen-bond donors (Lipinski definition) is 1. The van der Waals surface area contributed by atoms with Crippen molar-refractivity contribution in [1.29, 1.82) is 0 Å². The van der Waals surface area contributed by atoms with Crippen molar-refractivity contribution in [2.45, 2.75) is 45.7 Å². The molecular weight excluding hydrogens is 272 g/mol. The first-order valence-corrected chi connectivity index (χ1v) is 8.64. The highest BCUT2D eigenvalue weighted by atomic mass is 16.3. The van der Waals surface area contributed by atoms with Crippen molar-refractivity contribution in [2.24, 2.45) is 5.92 Å². The van der Waals surface area contributed by atoms with Crippen molar-refractivity contribution in [1.82, 2.24) is 10.2 Å². The Balaban J connectivity index is 1.72. The molecule has 0 spiro atoms. The zero-order valence-electron chi connectivity index (χ0n) is 13.8. The van der Waals surface area contributed by atoms with E-state index in [1.807, 2.05) is 6.07 Å². The molecule has 0 amide bonds. The molecule has 1 saturated heterocycles. The monoisotopic (exact) mass is 300 g/mol. The molecule has 3 rings (SSSR count). The smallest absolute Gasteiger partial charge is 0.134 e. The van der Waals surface area contributed by atoms with E-state index in [1.165, 1.54) is 31.2 Å². The number of nitrogens with one attached hydrogen (secondary N) is 1. The number of fused-ring (bicyclic) bond motifs is 1. The lowest BCUT2D eigenvalue weighted by Gasteiger charge is -2.34. The first kappa shape index (κ1) is 15.6. The number of piperidine rings is 1. The van der Waals surface area contributed by atoms with Crippen LogP contribution in [0.2, 0.25) is 0 Å². The number of benzene rings is 1. The maximum absolute atomic E-state index is 6.04. The summed E-state index contributed by atoms with van der Waals surface area (Å²) in [4.78, 5) is 2.64. The van der Waals surface area contributed by atoms with E-state index in [1.54, 1.807) is 0 Å². The number of furan rings is 1. The van der Waals surface area contributed by atoms with Crippen LogP contribution in [0.4, 0.5) is 0 Å². The second-order valence-corrected chi connectivity index (χ2v) is 6.88. The molecule has 1 aliphatic heterocycles. The van der Waals surface area contributed by atoms with Crippen molar-refractivity contribution in [3.05, 3.63) is 36.1 Å². The van der Waals surface area contributed by atoms with E-state index in [9.17, 15) is 0 Å². The third kappa shape index (κ3) is 3.90. The predicted octanol–water partition coefficient (Wildman–Crippen LogP) is 4.03. The normalized spacial score (nSPS) is 16.9. The quantitative estimate of drug-likeness (QED) is 0.873. The first-order chi connectivity index (χ1) is 10.7. The van der Waals surface area contributed by atoms with Crippen LogP contribution in [0.25, 0.3) is 11.0 Å². The van der Waals surface area contributed by atoms with Gasteiger partial charge in [0.15, 0.2) is 0 Å². The van der Waals surface area contributed by atoms with Crippen molar-refractivity contribution < 1.29 is 4.42 Å². The first-order valence-electron chi connectivity index (χ1n) is 8.64. The molecule has 0 saturated carbocycles. The summed E-state index contributed by atoms with van der Waals surface area (Å²) >= 11 is 0. The van der Waals surface area contributed by atoms with Gasteiger partial charge in [-0.15, -0.1) is 0 Å². The maximum Gasteiger partial charge on any atom is 0.134 e. The topological polar surface area (TPSA) is 28.4 Å². The summed E-state index contributed by atoms with van der Waals surface area (Å²) in [5.41, 5.74) is 1.01. The summed E-state index contributed by atoms with van der Waals surface area (Å²) in [5, 5.41) is 4.68. The van der Waals surface area contributed by atoms with Gasteiger partial charge < -0.3 is 9.73 Å². The van der Waals surface area contributed by atoms with Gasteiger partial charge in [0.1, 0.15) is 11.3 Å². The molecule has 1 aromatic heterocycles. The fourth-order valence-corrected chi connectivity index (χ4v) is 3.30. The minimum absolute atomic E-state index is 0.688. The summed E-state index contributed by atoms with van der Waals surface area (Å²) < 4.78 is 6.04. The number of hydrogen-bond acceptors (Lipinski definition) is 3. The Morgan fingerprint density at radius 2 is 2.00 bits per heavy atom. The van der Waals surface area contributed by atoms with Crippen LogP contribution >= 0.6 is 0 Å². The van der Waals surface area contributed by atoms with E-state index in [0.717, 1.165) is 36.9 Å². The predicted molar refractivity (Wildman–Crippen MR) is 92.0 cm³/mol. The molecule has 0 aliphatic carbocycles. The molecule has 0 atom stereocenters. The zero-order chi connectivity index (χ0) is 15.4. The highest BCUT2D eigenvalue weighted by Crippen LogP contribution is 2.23. The Hall–Kier alpha value is -1.32. The maximum atomic E-state index is 6.04. The third-order valence-electron chi connectivity index (χ3n) is 4.65. The fraction of sp³-hybridized carbons (Fsp3) is 0.579. The van der Waals surface area contributed by atoms with Crippen LogP contribution in [0.5, 0.6) is 0 Å². The van der Waals surface area contributed by atoms with E-state index in [2.05, 4.69) is 48.3 Å². The van der Waals surface area contributed by atoms with Crippen molar-refractivity contribution in [3.8, 4) is 0 Å². The van der Waals surface area contributed by atoms with Crippen molar-refractivity contribution in [2.75, 3.05) is 19.6 Å². The average Bonchev–Trinajstić information content (AvgIpc) is 2.94. The second kappa shape index (κ2) is 7.30. The molecule has 1 fully saturated rings. The molecule has 1 N–H and O–H groups in total. The Labute approximate surface area is 133 Å². The van der Waals surface area contributed by atoms with Gasteiger partial charge in [-0.2, -0.15) is 0 Å². The largest absolute Gasteiger partial charge is 0.460 e. The minimum atomic E-state index is 0.688. The molecule has 1 aliphatic rings. The zero-order valence-corrected chi connectivity index (χ0v) is 13.8. The van der Waals surface area contributed by atoms with Crippen molar-refractivity contribution >= 4 is 11.0 Å². The molecule has 0 unspecified atom stereocenters. The molecule has 1 aromatic carbocycles. The molecule has 2 heterocycles. The second-order valence-electron chi connectivity index (χ2n) is 6.88. The molecule has 0 radical (unpaired) electrons. The number of nitrogens with zero attached hydrogens (tertiary/aromatic N) is 1. The van der Waals surface area contributed by atoms with Gasteiger partial charge in [-0.3, -0.25) is 4.90 Å². The lowest BCUT2D eigenvalue weighted by molar-refractivity contribution is 0.137. The van der Waals surface area contributed by atoms with Crippen LogP contribution < -0.4 is 5.32 Å². The van der Waals surface area contributed by atoms with E-state index in [4.69, 9.17) is 4.42 Å². The van der Waals surface area contributed by atoms with Gasteiger partial charge >= 0.3 is 0 Å². The van der Waals surface area contributed by atoms with E-state index in [0.29, 0.717) is 6.04 Å². The molecule has 2 aromatic rings. The Kier molecular flexibility index (Phi) is 5.16. The van der Waals surface area contributed by atoms with E-state index >= 15 is 0 Å². The highest BCUT2D eigenvalue weighted by molar-refractivity contribution is 5.77. The Morgan fingerprint density at radius 3 is 2.73 bits per heavy atom. The fourth-order valence-electron chi connectivity index (χ4n) is 3.30. The summed E-state index contributed by atoms with van der Waals surface area (Å²) in [6.45, 7) is 9.00. The van der Waals surface area contributed by atoms with E-state index in [-0.39, 0.29) is 0 Å². The molecular formula is C19H28N2O. The summed E-state index contributed by atoms with van der Waals surface area (Å²) in [6.07, 6.45) is 3.75. The van der Waals surface area contributed by atoms with Crippen LogP contribution in [0.15, 0.2) is 34.7 Å². The molecule has 0 bridgehead atoms. The van der Waals surface area contributed by atoms with Gasteiger partial charge in [0.05, 0.1) is 6.54 Å². The lowest BCUT2D eigenvalue weighted by Crippen LogP contribution is -2.43. The van der Waals surface area contributed by atoms with E-state index < -0.39 is 0 Å². The van der Waals surface area contributed by atoms with Gasteiger partial charge in [-0.05, 0) is 56.9 Å². The molecule has 120 valence electrons. The van der Waals surface area contributed by atoms with Gasteiger partial charge in [-0.25, -0.2) is 0 Å². The molecule has 3 heteroatoms. The van der Waals surface area contributed by atoms with Gasteiger partial charge in [0, 0.05) is 11.4 Å². The van der Waals surface area contributed by atoms with Gasteiger partial charge in [0.25, 0.3) is 0 Å². The number of rotatable bonds is 6. The van der Waals surface area contributed by atoms with Crippen LogP contribution in [-0.4, -0.2) is 30.6 Å². The molecule has 3 nitrogen and oxygen atoms in total. The minimum Gasteiger partial charge on any atom is -0.460 e. The molecule has 22 heavy (non-hydrogen) atoms. The highest BCUT2D eigenvalue weighted by Gasteiger charge is 2.22. The van der Waals surface area contributed by atoms with Crippen LogP contribution in [0.1, 0.15) is 38.9 Å². The third-order valence-corrected chi connectivity index (χ3v) is 4.65. The van der Waals surface area contributed by atoms with Gasteiger partial charge in [0.2, 0.25) is 0 Å². The van der Waals surface area contributed by atoms with Crippen LogP contribution in [0, 0.1) is 5.92 Å². The van der Waals surface area contributed by atoms with Crippen molar-refractivity contribution in [3.63, 3.8) is 0 Å². The Bertz CT molecular complexity index is 551. The lowest BCUT2D eigenvalue weighted by atomic mass is 10.0. The number of para-hydroxylation sites is 1. The van der Waals surface area contributed by atoms with Crippen LogP contribution in [-0.2, 0) is 6.54 Å². The van der Waals surface area contributed by atoms with Crippen LogP contribution in [0.3, 0.4) is 0 Å². The summed E-state index contributed by atoms with van der Waals surface area (Å²) in [6, 6.07) is 11.2. The summed E-state index contributed by atoms with van der Waals surface area (Å²) in [5.74, 6) is 1.85. The summed E-state index contributed by atoms with van der Waals surface area (Å²) in [7, 11) is 0. The Morgan fingerprint density at radius 1 is 1.23 bits per heavy atom. The average molecular weight is 300 g/mol. The standard InChI is InChI=1S/C19H28N2O/c1-15(2)9-12-21(17-7-10-20-11-8-17)14-18-13-16-5-3-4-6-19(16)22-18/h3-6,13,15,17,20H,7-12,14H2,1-2H3.